The molecule has 0 radical (unpaired) electrons. The standard InChI is InChI=1S/C23H30N6OS2/c30-20(7-12-29-11-4-2-1-3-8-26-15-29)28-23-21(16-5-9-25-14-19(16)32-23)22-27-17-13-24-10-6-18(17)31-22/h6,10,13,25-26H,1-5,7-9,11-12,14-15H2,(H,28,30). The number of amides is 1. The largest absolute Gasteiger partial charge is 0.317 e. The number of nitrogens with one attached hydrogen (secondary N) is 3. The molecule has 0 saturated carbocycles. The van der Waals surface area contributed by atoms with Gasteiger partial charge >= 0.3 is 0 Å². The van der Waals surface area contributed by atoms with E-state index in [4.69, 9.17) is 4.98 Å². The number of pyridine rings is 1. The first-order valence-corrected chi connectivity index (χ1v) is 13.2. The first-order chi connectivity index (χ1) is 15.8. The third-order valence-electron chi connectivity index (χ3n) is 6.15. The number of aromatic nitrogens is 2. The van der Waals surface area contributed by atoms with Crippen LogP contribution >= 0.6 is 22.7 Å². The molecule has 3 aromatic heterocycles. The second kappa shape index (κ2) is 10.4. The molecule has 0 aliphatic carbocycles. The van der Waals surface area contributed by atoms with E-state index in [0.717, 1.165) is 71.6 Å². The van der Waals surface area contributed by atoms with Crippen LogP contribution in [0.1, 0.15) is 42.5 Å². The number of nitrogens with zero attached hydrogens (tertiary/aromatic N) is 3. The number of thiazole rings is 1. The van der Waals surface area contributed by atoms with Gasteiger partial charge in [-0.1, -0.05) is 12.8 Å². The topological polar surface area (TPSA) is 82.2 Å². The smallest absolute Gasteiger partial charge is 0.226 e. The van der Waals surface area contributed by atoms with Gasteiger partial charge in [0.2, 0.25) is 5.91 Å². The summed E-state index contributed by atoms with van der Waals surface area (Å²) < 4.78 is 1.13. The maximum absolute atomic E-state index is 13.0. The highest BCUT2D eigenvalue weighted by Gasteiger charge is 2.25. The van der Waals surface area contributed by atoms with Gasteiger partial charge in [0.15, 0.2) is 0 Å². The predicted molar refractivity (Wildman–Crippen MR) is 132 cm³/mol. The summed E-state index contributed by atoms with van der Waals surface area (Å²) in [6.07, 6.45) is 10.1. The van der Waals surface area contributed by atoms with Crippen LogP contribution in [0.3, 0.4) is 0 Å². The van der Waals surface area contributed by atoms with Gasteiger partial charge in [0.1, 0.15) is 15.5 Å². The second-order valence-electron chi connectivity index (χ2n) is 8.49. The van der Waals surface area contributed by atoms with Crippen molar-refractivity contribution in [3.05, 3.63) is 28.9 Å². The molecule has 5 heterocycles. The summed E-state index contributed by atoms with van der Waals surface area (Å²) in [5.74, 6) is 0.0838. The number of fused-ring (bicyclic) bond motifs is 2. The Hall–Kier alpha value is -1.91. The Kier molecular flexibility index (Phi) is 7.09. The van der Waals surface area contributed by atoms with E-state index in [2.05, 4.69) is 25.8 Å². The van der Waals surface area contributed by atoms with E-state index < -0.39 is 0 Å². The third kappa shape index (κ3) is 5.02. The number of rotatable bonds is 5. The summed E-state index contributed by atoms with van der Waals surface area (Å²) >= 11 is 3.37. The van der Waals surface area contributed by atoms with Gasteiger partial charge in [0.25, 0.3) is 0 Å². The maximum atomic E-state index is 13.0. The van der Waals surface area contributed by atoms with Gasteiger partial charge in [-0.25, -0.2) is 4.98 Å². The first-order valence-electron chi connectivity index (χ1n) is 11.6. The fraction of sp³-hybridized carbons (Fsp3) is 0.522. The summed E-state index contributed by atoms with van der Waals surface area (Å²) in [4.78, 5) is 25.7. The molecular formula is C23H30N6OS2. The monoisotopic (exact) mass is 470 g/mol. The number of anilines is 1. The van der Waals surface area contributed by atoms with Gasteiger partial charge in [-0.15, -0.1) is 22.7 Å². The van der Waals surface area contributed by atoms with Gasteiger partial charge < -0.3 is 16.0 Å². The lowest BCUT2D eigenvalue weighted by Crippen LogP contribution is -2.36. The van der Waals surface area contributed by atoms with Crippen molar-refractivity contribution in [1.29, 1.82) is 0 Å². The summed E-state index contributed by atoms with van der Waals surface area (Å²) in [5.41, 5.74) is 3.37. The first kappa shape index (κ1) is 21.9. The molecule has 7 nitrogen and oxygen atoms in total. The predicted octanol–water partition coefficient (Wildman–Crippen LogP) is 3.82. The molecule has 0 atom stereocenters. The molecule has 9 heteroatoms. The lowest BCUT2D eigenvalue weighted by atomic mass is 10.0. The summed E-state index contributed by atoms with van der Waals surface area (Å²) in [6.45, 7) is 5.60. The van der Waals surface area contributed by atoms with Gasteiger partial charge in [0.05, 0.1) is 10.9 Å². The molecule has 1 amide bonds. The van der Waals surface area contributed by atoms with Crippen molar-refractivity contribution < 1.29 is 4.79 Å². The maximum Gasteiger partial charge on any atom is 0.226 e. The molecule has 1 fully saturated rings. The summed E-state index contributed by atoms with van der Waals surface area (Å²) in [7, 11) is 0. The second-order valence-corrected chi connectivity index (χ2v) is 10.6. The quantitative estimate of drug-likeness (QED) is 0.526. The van der Waals surface area contributed by atoms with Crippen LogP contribution in [0.2, 0.25) is 0 Å². The highest BCUT2D eigenvalue weighted by molar-refractivity contribution is 7.22. The van der Waals surface area contributed by atoms with Crippen LogP contribution in [0.15, 0.2) is 18.5 Å². The fourth-order valence-electron chi connectivity index (χ4n) is 4.43. The summed E-state index contributed by atoms with van der Waals surface area (Å²) in [6, 6.07) is 2.01. The Balaban J connectivity index is 1.33. The van der Waals surface area contributed by atoms with Crippen molar-refractivity contribution in [3.8, 4) is 10.6 Å². The molecule has 0 unspecified atom stereocenters. The molecule has 3 N–H and O–H groups in total. The van der Waals surface area contributed by atoms with Crippen LogP contribution in [-0.2, 0) is 17.8 Å². The van der Waals surface area contributed by atoms with Crippen molar-refractivity contribution >= 4 is 43.8 Å². The minimum Gasteiger partial charge on any atom is -0.317 e. The van der Waals surface area contributed by atoms with Crippen LogP contribution in [-0.4, -0.2) is 53.6 Å². The van der Waals surface area contributed by atoms with Crippen molar-refractivity contribution in [3.63, 3.8) is 0 Å². The van der Waals surface area contributed by atoms with Gasteiger partial charge in [0, 0.05) is 42.8 Å². The highest BCUT2D eigenvalue weighted by atomic mass is 32.1. The molecular weight excluding hydrogens is 440 g/mol. The number of hydrogen-bond acceptors (Lipinski definition) is 8. The van der Waals surface area contributed by atoms with Crippen LogP contribution in [0, 0.1) is 0 Å². The SMILES string of the molecule is O=C(CCN1CCCCCCNC1)Nc1sc2c(c1-c1nc3cnccc3s1)CCNC2. The van der Waals surface area contributed by atoms with E-state index in [1.54, 1.807) is 22.7 Å². The number of hydrogen-bond donors (Lipinski definition) is 3. The zero-order valence-electron chi connectivity index (χ0n) is 18.3. The van der Waals surface area contributed by atoms with Gasteiger partial charge in [-0.05, 0) is 50.5 Å². The normalized spacial score (nSPS) is 18.0. The van der Waals surface area contributed by atoms with Crippen LogP contribution < -0.4 is 16.0 Å². The van der Waals surface area contributed by atoms with Crippen LogP contribution in [0.5, 0.6) is 0 Å². The number of carbonyl (C=O) groups excluding carboxylic acids is 1. The average Bonchev–Trinajstić information content (AvgIpc) is 3.41. The molecule has 5 rings (SSSR count). The molecule has 2 aliphatic rings. The van der Waals surface area contributed by atoms with Crippen LogP contribution in [0.4, 0.5) is 5.00 Å². The molecule has 2 aliphatic heterocycles. The zero-order valence-corrected chi connectivity index (χ0v) is 19.9. The molecule has 0 spiro atoms. The lowest BCUT2D eigenvalue weighted by molar-refractivity contribution is -0.116. The molecule has 32 heavy (non-hydrogen) atoms. The Morgan fingerprint density at radius 1 is 1.16 bits per heavy atom. The van der Waals surface area contributed by atoms with E-state index in [1.807, 2.05) is 18.5 Å². The Morgan fingerprint density at radius 3 is 3.03 bits per heavy atom. The van der Waals surface area contributed by atoms with E-state index >= 15 is 0 Å². The number of thiophene rings is 1. The number of carbonyl (C=O) groups is 1. The van der Waals surface area contributed by atoms with E-state index in [9.17, 15) is 4.79 Å². The van der Waals surface area contributed by atoms with E-state index in [-0.39, 0.29) is 5.91 Å². The van der Waals surface area contributed by atoms with Crippen molar-refractivity contribution in [1.82, 2.24) is 25.5 Å². The van der Waals surface area contributed by atoms with Crippen LogP contribution in [0.25, 0.3) is 20.8 Å². The van der Waals surface area contributed by atoms with Crippen molar-refractivity contribution in [2.75, 3.05) is 38.2 Å². The molecule has 1 saturated heterocycles. The minimum absolute atomic E-state index is 0.0838. The van der Waals surface area contributed by atoms with Crippen molar-refractivity contribution in [2.24, 2.45) is 0 Å². The zero-order chi connectivity index (χ0) is 21.8. The van der Waals surface area contributed by atoms with Gasteiger partial charge in [-0.2, -0.15) is 0 Å². The Labute approximate surface area is 196 Å². The van der Waals surface area contributed by atoms with E-state index in [1.165, 1.54) is 36.1 Å². The molecule has 3 aromatic rings. The lowest BCUT2D eigenvalue weighted by Gasteiger charge is -2.21. The third-order valence-corrected chi connectivity index (χ3v) is 8.35. The minimum atomic E-state index is 0.0838. The summed E-state index contributed by atoms with van der Waals surface area (Å²) in [5, 5.41) is 12.1. The average molecular weight is 471 g/mol. The molecule has 0 bridgehead atoms. The Morgan fingerprint density at radius 2 is 2.09 bits per heavy atom. The molecule has 0 aromatic carbocycles. The highest BCUT2D eigenvalue weighted by Crippen LogP contribution is 2.44. The van der Waals surface area contributed by atoms with E-state index in [0.29, 0.717) is 6.42 Å². The fourth-order valence-corrected chi connectivity index (χ4v) is 6.74. The molecule has 170 valence electrons. The van der Waals surface area contributed by atoms with Crippen molar-refractivity contribution in [2.45, 2.75) is 45.1 Å². The Bertz CT molecular complexity index is 1030. The van der Waals surface area contributed by atoms with Gasteiger partial charge in [-0.3, -0.25) is 14.7 Å².